The number of nitrogens with one attached hydrogen (secondary N) is 1. The molecule has 5 rings (SSSR count). The van der Waals surface area contributed by atoms with Crippen LogP contribution in [0.2, 0.25) is 0 Å². The SMILES string of the molecule is O=C(NCC1(C(=O)N2CCOC(C(=O)O)C2)CC1)OCC1c2ccccc2-c2ccccc21. The maximum atomic E-state index is 13.0. The van der Waals surface area contributed by atoms with Gasteiger partial charge in [0.05, 0.1) is 18.6 Å². The van der Waals surface area contributed by atoms with Crippen molar-refractivity contribution >= 4 is 18.0 Å². The van der Waals surface area contributed by atoms with Crippen molar-refractivity contribution in [3.63, 3.8) is 0 Å². The molecule has 1 unspecified atom stereocenters. The fraction of sp³-hybridized carbons (Fsp3) is 0.400. The standard InChI is InChI=1S/C25H26N2O6/c28-22(29)21-13-27(11-12-32-21)23(30)25(9-10-25)15-26-24(31)33-14-20-18-7-3-1-5-16(18)17-6-2-4-8-19(17)20/h1-8,20-21H,9-15H2,(H,26,31)(H,28,29). The van der Waals surface area contributed by atoms with Crippen LogP contribution in [-0.2, 0) is 19.1 Å². The summed E-state index contributed by atoms with van der Waals surface area (Å²) in [5, 5.41) is 11.9. The van der Waals surface area contributed by atoms with Crippen LogP contribution in [0.3, 0.4) is 0 Å². The molecule has 0 bridgehead atoms. The van der Waals surface area contributed by atoms with E-state index in [2.05, 4.69) is 29.6 Å². The van der Waals surface area contributed by atoms with Gasteiger partial charge in [-0.25, -0.2) is 9.59 Å². The summed E-state index contributed by atoms with van der Waals surface area (Å²) in [6.45, 7) is 0.969. The quantitative estimate of drug-likeness (QED) is 0.701. The van der Waals surface area contributed by atoms with E-state index in [4.69, 9.17) is 14.6 Å². The van der Waals surface area contributed by atoms with Crippen LogP contribution in [0.15, 0.2) is 48.5 Å². The first-order chi connectivity index (χ1) is 16.0. The molecule has 0 aromatic heterocycles. The van der Waals surface area contributed by atoms with Crippen molar-refractivity contribution < 1.29 is 29.0 Å². The van der Waals surface area contributed by atoms with Crippen molar-refractivity contribution in [2.24, 2.45) is 5.41 Å². The average Bonchev–Trinajstić information content (AvgIpc) is 3.57. The zero-order valence-electron chi connectivity index (χ0n) is 18.2. The number of rotatable bonds is 6. The number of carboxylic acid groups (broad SMARTS) is 1. The molecule has 1 saturated heterocycles. The van der Waals surface area contributed by atoms with Crippen LogP contribution in [0.25, 0.3) is 11.1 Å². The highest BCUT2D eigenvalue weighted by molar-refractivity contribution is 5.87. The van der Waals surface area contributed by atoms with Crippen LogP contribution < -0.4 is 5.32 Å². The first-order valence-electron chi connectivity index (χ1n) is 11.2. The smallest absolute Gasteiger partial charge is 0.407 e. The fourth-order valence-corrected chi connectivity index (χ4v) is 4.83. The predicted molar refractivity (Wildman–Crippen MR) is 119 cm³/mol. The Morgan fingerprint density at radius 2 is 1.70 bits per heavy atom. The highest BCUT2D eigenvalue weighted by Crippen LogP contribution is 2.47. The second-order valence-electron chi connectivity index (χ2n) is 8.91. The lowest BCUT2D eigenvalue weighted by molar-refractivity contribution is -0.161. The van der Waals surface area contributed by atoms with Gasteiger partial charge in [0, 0.05) is 19.0 Å². The lowest BCUT2D eigenvalue weighted by atomic mass is 9.98. The van der Waals surface area contributed by atoms with E-state index in [1.165, 1.54) is 4.90 Å². The van der Waals surface area contributed by atoms with E-state index in [0.29, 0.717) is 19.4 Å². The molecule has 8 heteroatoms. The molecule has 1 atom stereocenters. The number of nitrogens with zero attached hydrogens (tertiary/aromatic N) is 1. The second kappa shape index (κ2) is 8.51. The summed E-state index contributed by atoms with van der Waals surface area (Å²) in [4.78, 5) is 38.2. The maximum absolute atomic E-state index is 13.0. The number of carbonyl (C=O) groups excluding carboxylic acids is 2. The molecule has 172 valence electrons. The van der Waals surface area contributed by atoms with Gasteiger partial charge in [0.2, 0.25) is 5.91 Å². The van der Waals surface area contributed by atoms with Crippen molar-refractivity contribution in [2.75, 3.05) is 32.8 Å². The molecule has 0 radical (unpaired) electrons. The van der Waals surface area contributed by atoms with Gasteiger partial charge in [-0.15, -0.1) is 0 Å². The third-order valence-corrected chi connectivity index (χ3v) is 6.85. The Hall–Kier alpha value is -3.39. The number of ether oxygens (including phenoxy) is 2. The molecule has 2 amide bonds. The minimum atomic E-state index is -1.07. The molecule has 2 N–H and O–H groups in total. The molecule has 3 aliphatic rings. The fourth-order valence-electron chi connectivity index (χ4n) is 4.83. The molecule has 8 nitrogen and oxygen atoms in total. The summed E-state index contributed by atoms with van der Waals surface area (Å²) in [5.74, 6) is -1.23. The monoisotopic (exact) mass is 450 g/mol. The summed E-state index contributed by atoms with van der Waals surface area (Å²) >= 11 is 0. The lowest BCUT2D eigenvalue weighted by Gasteiger charge is -2.33. The highest BCUT2D eigenvalue weighted by atomic mass is 16.5. The summed E-state index contributed by atoms with van der Waals surface area (Å²) < 4.78 is 10.8. The van der Waals surface area contributed by atoms with E-state index in [-0.39, 0.29) is 38.1 Å². The summed E-state index contributed by atoms with van der Waals surface area (Å²) in [6.07, 6.45) is -0.246. The third kappa shape index (κ3) is 4.06. The Bertz CT molecular complexity index is 1050. The predicted octanol–water partition coefficient (Wildman–Crippen LogP) is 2.62. The van der Waals surface area contributed by atoms with Gasteiger partial charge in [0.25, 0.3) is 0 Å². The molecule has 1 heterocycles. The van der Waals surface area contributed by atoms with Crippen molar-refractivity contribution in [1.82, 2.24) is 10.2 Å². The van der Waals surface area contributed by atoms with Crippen LogP contribution in [0.1, 0.15) is 29.9 Å². The molecule has 2 aromatic carbocycles. The zero-order chi connectivity index (χ0) is 23.0. The van der Waals surface area contributed by atoms with Crippen LogP contribution in [-0.4, -0.2) is 66.9 Å². The Morgan fingerprint density at radius 3 is 2.30 bits per heavy atom. The van der Waals surface area contributed by atoms with Crippen LogP contribution in [0, 0.1) is 5.41 Å². The molecule has 2 fully saturated rings. The van der Waals surface area contributed by atoms with Crippen molar-refractivity contribution in [3.8, 4) is 11.1 Å². The molecule has 0 spiro atoms. The van der Waals surface area contributed by atoms with Gasteiger partial charge >= 0.3 is 12.1 Å². The van der Waals surface area contributed by atoms with E-state index < -0.39 is 23.6 Å². The Morgan fingerprint density at radius 1 is 1.06 bits per heavy atom. The lowest BCUT2D eigenvalue weighted by Crippen LogP contribution is -2.52. The van der Waals surface area contributed by atoms with Gasteiger partial charge in [-0.05, 0) is 35.1 Å². The number of fused-ring (bicyclic) bond motifs is 3. The minimum Gasteiger partial charge on any atom is -0.479 e. The summed E-state index contributed by atoms with van der Waals surface area (Å²) in [7, 11) is 0. The highest BCUT2D eigenvalue weighted by Gasteiger charge is 2.52. The molecule has 1 aliphatic heterocycles. The minimum absolute atomic E-state index is 0.0269. The topological polar surface area (TPSA) is 105 Å². The molecule has 33 heavy (non-hydrogen) atoms. The Kier molecular flexibility index (Phi) is 5.54. The first kappa shape index (κ1) is 21.5. The molecule has 2 aromatic rings. The van der Waals surface area contributed by atoms with Gasteiger partial charge in [0.1, 0.15) is 6.61 Å². The van der Waals surface area contributed by atoms with Crippen LogP contribution in [0.4, 0.5) is 4.79 Å². The number of benzene rings is 2. The van der Waals surface area contributed by atoms with Crippen molar-refractivity contribution in [3.05, 3.63) is 59.7 Å². The van der Waals surface area contributed by atoms with Crippen molar-refractivity contribution in [1.29, 1.82) is 0 Å². The van der Waals surface area contributed by atoms with Crippen molar-refractivity contribution in [2.45, 2.75) is 24.9 Å². The largest absolute Gasteiger partial charge is 0.479 e. The van der Waals surface area contributed by atoms with Crippen LogP contribution in [0.5, 0.6) is 0 Å². The van der Waals surface area contributed by atoms with Crippen LogP contribution >= 0.6 is 0 Å². The molecule has 2 aliphatic carbocycles. The van der Waals surface area contributed by atoms with Gasteiger partial charge in [-0.1, -0.05) is 48.5 Å². The first-order valence-corrected chi connectivity index (χ1v) is 11.2. The second-order valence-corrected chi connectivity index (χ2v) is 8.91. The van der Waals surface area contributed by atoms with E-state index in [1.807, 2.05) is 24.3 Å². The number of amides is 2. The Labute approximate surface area is 191 Å². The van der Waals surface area contributed by atoms with Gasteiger partial charge in [0.15, 0.2) is 6.10 Å². The number of aliphatic carboxylic acids is 1. The maximum Gasteiger partial charge on any atom is 0.407 e. The van der Waals surface area contributed by atoms with E-state index in [1.54, 1.807) is 0 Å². The van der Waals surface area contributed by atoms with Gasteiger partial charge in [-0.2, -0.15) is 0 Å². The summed E-state index contributed by atoms with van der Waals surface area (Å²) in [5.41, 5.74) is 3.93. The van der Waals surface area contributed by atoms with E-state index in [0.717, 1.165) is 22.3 Å². The van der Waals surface area contributed by atoms with Gasteiger partial charge < -0.3 is 24.8 Å². The number of alkyl carbamates (subject to hydrolysis) is 1. The van der Waals surface area contributed by atoms with Gasteiger partial charge in [-0.3, -0.25) is 4.79 Å². The number of carboxylic acids is 1. The number of hydrogen-bond acceptors (Lipinski definition) is 5. The van der Waals surface area contributed by atoms with E-state index in [9.17, 15) is 14.4 Å². The number of hydrogen-bond donors (Lipinski definition) is 2. The average molecular weight is 450 g/mol. The molecular formula is C25H26N2O6. The summed E-state index contributed by atoms with van der Waals surface area (Å²) in [6, 6.07) is 16.3. The number of carbonyl (C=O) groups is 3. The third-order valence-electron chi connectivity index (χ3n) is 6.85. The molecular weight excluding hydrogens is 424 g/mol. The Balaban J connectivity index is 1.17. The normalized spacial score (nSPS) is 20.5. The molecule has 1 saturated carbocycles. The number of morpholine rings is 1. The van der Waals surface area contributed by atoms with E-state index >= 15 is 0 Å². The zero-order valence-corrected chi connectivity index (χ0v) is 18.2.